The minimum atomic E-state index is -0.505. The molecular weight excluding hydrogens is 246 g/mol. The predicted molar refractivity (Wildman–Crippen MR) is 76.3 cm³/mol. The second kappa shape index (κ2) is 14.2. The molecule has 0 aliphatic heterocycles. The number of hydrogen-bond donors (Lipinski definition) is 3. The Hall–Kier alpha value is -0.200. The van der Waals surface area contributed by atoms with Crippen molar-refractivity contribution in [2.24, 2.45) is 0 Å². The third kappa shape index (κ3) is 14.0. The number of hydrogen-bond acceptors (Lipinski definition) is 5. The number of aliphatic hydroxyl groups excluding tert-OH is 2. The van der Waals surface area contributed by atoms with Crippen LogP contribution in [0.25, 0.3) is 0 Å². The third-order valence-corrected chi connectivity index (χ3v) is 2.83. The molecule has 19 heavy (non-hydrogen) atoms. The lowest BCUT2D eigenvalue weighted by Gasteiger charge is -2.13. The summed E-state index contributed by atoms with van der Waals surface area (Å²) in [5, 5.41) is 22.1. The summed E-state index contributed by atoms with van der Waals surface area (Å²) in [5.41, 5.74) is 0. The first-order chi connectivity index (χ1) is 9.20. The molecule has 0 aliphatic carbocycles. The molecule has 0 fully saturated rings. The van der Waals surface area contributed by atoms with Gasteiger partial charge in [0.2, 0.25) is 0 Å². The fourth-order valence-corrected chi connectivity index (χ4v) is 1.49. The number of rotatable bonds is 14. The van der Waals surface area contributed by atoms with Gasteiger partial charge in [-0.15, -0.1) is 0 Å². The van der Waals surface area contributed by atoms with Crippen molar-refractivity contribution >= 4 is 0 Å². The van der Waals surface area contributed by atoms with Crippen LogP contribution in [0.4, 0.5) is 0 Å². The summed E-state index contributed by atoms with van der Waals surface area (Å²) in [7, 11) is 0. The van der Waals surface area contributed by atoms with E-state index >= 15 is 0 Å². The zero-order chi connectivity index (χ0) is 14.3. The molecule has 0 heterocycles. The fraction of sp³-hybridized carbons (Fsp3) is 1.00. The molecule has 0 aromatic carbocycles. The zero-order valence-electron chi connectivity index (χ0n) is 12.4. The lowest BCUT2D eigenvalue weighted by atomic mass is 10.2. The summed E-state index contributed by atoms with van der Waals surface area (Å²) in [6.07, 6.45) is 2.95. The normalized spacial score (nSPS) is 14.5. The quantitative estimate of drug-likeness (QED) is 0.412. The van der Waals surface area contributed by atoms with Crippen molar-refractivity contribution in [1.82, 2.24) is 5.32 Å². The molecule has 2 atom stereocenters. The van der Waals surface area contributed by atoms with Crippen molar-refractivity contribution in [3.8, 4) is 0 Å². The molecule has 0 aromatic rings. The summed E-state index contributed by atoms with van der Waals surface area (Å²) in [4.78, 5) is 0. The Balaban J connectivity index is 3.19. The molecule has 0 saturated heterocycles. The summed E-state index contributed by atoms with van der Waals surface area (Å²) in [6.45, 7) is 7.50. The van der Waals surface area contributed by atoms with Crippen LogP contribution in [-0.4, -0.2) is 61.9 Å². The Bertz CT molecular complexity index is 181. The highest BCUT2D eigenvalue weighted by molar-refractivity contribution is 4.60. The van der Waals surface area contributed by atoms with Crippen LogP contribution in [0.3, 0.4) is 0 Å². The Morgan fingerprint density at radius 3 is 2.42 bits per heavy atom. The lowest BCUT2D eigenvalue weighted by molar-refractivity contribution is 0.00375. The van der Waals surface area contributed by atoms with Gasteiger partial charge in [0.1, 0.15) is 0 Å². The van der Waals surface area contributed by atoms with Crippen LogP contribution in [-0.2, 0) is 9.47 Å². The van der Waals surface area contributed by atoms with Gasteiger partial charge in [-0.05, 0) is 25.8 Å². The molecule has 0 aliphatic rings. The van der Waals surface area contributed by atoms with E-state index in [1.54, 1.807) is 0 Å². The van der Waals surface area contributed by atoms with E-state index in [1.807, 2.05) is 6.92 Å². The van der Waals surface area contributed by atoms with Crippen LogP contribution < -0.4 is 5.32 Å². The van der Waals surface area contributed by atoms with Crippen LogP contribution in [0.5, 0.6) is 0 Å². The van der Waals surface area contributed by atoms with Gasteiger partial charge in [-0.3, -0.25) is 0 Å². The van der Waals surface area contributed by atoms with Gasteiger partial charge in [0.15, 0.2) is 0 Å². The van der Waals surface area contributed by atoms with Crippen LogP contribution in [0.1, 0.15) is 39.5 Å². The molecule has 116 valence electrons. The standard InChI is InChI=1S/C14H31NO4/c1-3-5-8-18-9-10-19-12-14(17)11-15-7-6-13(16)4-2/h13-17H,3-12H2,1-2H3. The zero-order valence-corrected chi connectivity index (χ0v) is 12.4. The second-order valence-electron chi connectivity index (χ2n) is 4.75. The van der Waals surface area contributed by atoms with Gasteiger partial charge in [-0.1, -0.05) is 20.3 Å². The van der Waals surface area contributed by atoms with Crippen molar-refractivity contribution < 1.29 is 19.7 Å². The molecule has 0 bridgehead atoms. The first-order valence-electron chi connectivity index (χ1n) is 7.43. The third-order valence-electron chi connectivity index (χ3n) is 2.83. The molecule has 2 unspecified atom stereocenters. The van der Waals surface area contributed by atoms with E-state index in [0.29, 0.717) is 32.9 Å². The van der Waals surface area contributed by atoms with E-state index < -0.39 is 6.10 Å². The topological polar surface area (TPSA) is 71.0 Å². The molecule has 5 nitrogen and oxygen atoms in total. The molecule has 0 amide bonds. The van der Waals surface area contributed by atoms with Gasteiger partial charge in [-0.25, -0.2) is 0 Å². The summed E-state index contributed by atoms with van der Waals surface area (Å²) < 4.78 is 10.7. The van der Waals surface area contributed by atoms with E-state index in [2.05, 4.69) is 12.2 Å². The van der Waals surface area contributed by atoms with Crippen molar-refractivity contribution in [3.05, 3.63) is 0 Å². The molecule has 0 aromatic heterocycles. The lowest BCUT2D eigenvalue weighted by Crippen LogP contribution is -2.32. The smallest absolute Gasteiger partial charge is 0.0897 e. The number of nitrogens with one attached hydrogen (secondary N) is 1. The van der Waals surface area contributed by atoms with Gasteiger partial charge >= 0.3 is 0 Å². The van der Waals surface area contributed by atoms with Crippen molar-refractivity contribution in [3.63, 3.8) is 0 Å². The number of aliphatic hydroxyl groups is 2. The van der Waals surface area contributed by atoms with E-state index in [-0.39, 0.29) is 6.10 Å². The predicted octanol–water partition coefficient (Wildman–Crippen LogP) is 0.931. The average molecular weight is 277 g/mol. The first-order valence-corrected chi connectivity index (χ1v) is 7.43. The van der Waals surface area contributed by atoms with E-state index in [4.69, 9.17) is 9.47 Å². The van der Waals surface area contributed by atoms with Crippen molar-refractivity contribution in [2.45, 2.75) is 51.7 Å². The maximum atomic E-state index is 9.62. The molecule has 0 radical (unpaired) electrons. The highest BCUT2D eigenvalue weighted by Gasteiger charge is 2.04. The highest BCUT2D eigenvalue weighted by atomic mass is 16.5. The fourth-order valence-electron chi connectivity index (χ4n) is 1.49. The molecular formula is C14H31NO4. The Morgan fingerprint density at radius 2 is 1.74 bits per heavy atom. The second-order valence-corrected chi connectivity index (χ2v) is 4.75. The van der Waals surface area contributed by atoms with Gasteiger partial charge in [0, 0.05) is 13.2 Å². The van der Waals surface area contributed by atoms with Gasteiger partial charge in [0.05, 0.1) is 32.0 Å². The van der Waals surface area contributed by atoms with E-state index in [1.165, 1.54) is 0 Å². The summed E-state index contributed by atoms with van der Waals surface area (Å²) >= 11 is 0. The van der Waals surface area contributed by atoms with Crippen molar-refractivity contribution in [1.29, 1.82) is 0 Å². The van der Waals surface area contributed by atoms with Gasteiger partial charge in [-0.2, -0.15) is 0 Å². The maximum absolute atomic E-state index is 9.62. The molecule has 0 rings (SSSR count). The van der Waals surface area contributed by atoms with Crippen LogP contribution >= 0.6 is 0 Å². The van der Waals surface area contributed by atoms with E-state index in [0.717, 1.165) is 32.3 Å². The summed E-state index contributed by atoms with van der Waals surface area (Å²) in [6, 6.07) is 0. The van der Waals surface area contributed by atoms with Crippen LogP contribution in [0.15, 0.2) is 0 Å². The van der Waals surface area contributed by atoms with Crippen LogP contribution in [0, 0.1) is 0 Å². The number of unbranched alkanes of at least 4 members (excludes halogenated alkanes) is 1. The molecule has 3 N–H and O–H groups in total. The minimum Gasteiger partial charge on any atom is -0.393 e. The SMILES string of the molecule is CCCCOCCOCC(O)CNCCC(O)CC. The monoisotopic (exact) mass is 277 g/mol. The minimum absolute atomic E-state index is 0.249. The van der Waals surface area contributed by atoms with Gasteiger partial charge in [0.25, 0.3) is 0 Å². The van der Waals surface area contributed by atoms with Gasteiger partial charge < -0.3 is 25.0 Å². The van der Waals surface area contributed by atoms with Crippen LogP contribution in [0.2, 0.25) is 0 Å². The molecule has 0 spiro atoms. The largest absolute Gasteiger partial charge is 0.393 e. The average Bonchev–Trinajstić information content (AvgIpc) is 2.42. The maximum Gasteiger partial charge on any atom is 0.0897 e. The Kier molecular flexibility index (Phi) is 14.1. The Morgan fingerprint density at radius 1 is 1.00 bits per heavy atom. The number of ether oxygens (including phenoxy) is 2. The van der Waals surface area contributed by atoms with Crippen molar-refractivity contribution in [2.75, 3.05) is 39.5 Å². The highest BCUT2D eigenvalue weighted by Crippen LogP contribution is 1.94. The molecule has 5 heteroatoms. The molecule has 0 saturated carbocycles. The van der Waals surface area contributed by atoms with E-state index in [9.17, 15) is 10.2 Å². The summed E-state index contributed by atoms with van der Waals surface area (Å²) in [5.74, 6) is 0. The first kappa shape index (κ1) is 18.8. The Labute approximate surface area is 117 Å².